The van der Waals surface area contributed by atoms with E-state index in [0.717, 1.165) is 0 Å². The Morgan fingerprint density at radius 3 is 2.22 bits per heavy atom. The van der Waals surface area contributed by atoms with Gasteiger partial charge in [-0.3, -0.25) is 9.59 Å². The topological polar surface area (TPSA) is 93.5 Å². The fourth-order valence-corrected chi connectivity index (χ4v) is 2.40. The Bertz CT molecular complexity index is 904. The molecule has 3 aromatic rings. The van der Waals surface area contributed by atoms with Crippen LogP contribution in [0.5, 0.6) is 5.75 Å². The number of hydrogen-bond donors (Lipinski definition) is 2. The van der Waals surface area contributed by atoms with Crippen LogP contribution < -0.4 is 15.4 Å². The van der Waals surface area contributed by atoms with Crippen molar-refractivity contribution in [2.24, 2.45) is 0 Å². The average molecular weight is 365 g/mol. The zero-order valence-corrected chi connectivity index (χ0v) is 14.8. The summed E-state index contributed by atoms with van der Waals surface area (Å²) in [5, 5.41) is 9.42. The van der Waals surface area contributed by atoms with Gasteiger partial charge in [-0.1, -0.05) is 23.4 Å². The summed E-state index contributed by atoms with van der Waals surface area (Å²) in [7, 11) is 1.57. The highest BCUT2D eigenvalue weighted by Gasteiger charge is 2.10. The number of carbonyl (C=O) groups excluding carboxylic acids is 2. The van der Waals surface area contributed by atoms with E-state index in [1.165, 1.54) is 0 Å². The van der Waals surface area contributed by atoms with Crippen LogP contribution in [0.1, 0.15) is 32.2 Å². The van der Waals surface area contributed by atoms with Gasteiger partial charge < -0.3 is 19.9 Å². The number of nitrogens with zero attached hydrogens (tertiary/aromatic N) is 1. The molecule has 0 aliphatic carbocycles. The molecule has 7 heteroatoms. The molecule has 0 saturated carbocycles. The monoisotopic (exact) mass is 365 g/mol. The molecule has 0 spiro atoms. The van der Waals surface area contributed by atoms with Crippen LogP contribution in [0.25, 0.3) is 0 Å². The molecule has 27 heavy (non-hydrogen) atoms. The van der Waals surface area contributed by atoms with Gasteiger partial charge in [-0.2, -0.15) is 0 Å². The van der Waals surface area contributed by atoms with Crippen molar-refractivity contribution in [1.82, 2.24) is 15.8 Å². The molecule has 2 amide bonds. The summed E-state index contributed by atoms with van der Waals surface area (Å²) >= 11 is 0. The number of nitrogens with one attached hydrogen (secondary N) is 2. The molecular formula is C20H19N3O4. The van der Waals surface area contributed by atoms with Gasteiger partial charge in [0.25, 0.3) is 11.8 Å². The number of benzene rings is 2. The summed E-state index contributed by atoms with van der Waals surface area (Å²) in [6.07, 6.45) is 0. The zero-order valence-electron chi connectivity index (χ0n) is 14.8. The van der Waals surface area contributed by atoms with Crippen LogP contribution in [0, 0.1) is 0 Å². The standard InChI is InChI=1S/C20H19N3O4/c1-26-17-9-7-15(8-10-17)20(25)22-13-18-11-16(23-27-18)12-21-19(24)14-5-3-2-4-6-14/h2-11H,12-13H2,1H3,(H,21,24)(H,22,25). The van der Waals surface area contributed by atoms with Gasteiger partial charge in [-0.05, 0) is 36.4 Å². The fraction of sp³-hybridized carbons (Fsp3) is 0.150. The van der Waals surface area contributed by atoms with E-state index < -0.39 is 0 Å². The number of aromatic nitrogens is 1. The van der Waals surface area contributed by atoms with E-state index in [2.05, 4.69) is 15.8 Å². The second kappa shape index (κ2) is 8.66. The molecular weight excluding hydrogens is 346 g/mol. The SMILES string of the molecule is COc1ccc(C(=O)NCc2cc(CNC(=O)c3ccccc3)no2)cc1. The van der Waals surface area contributed by atoms with Gasteiger partial charge in [0.1, 0.15) is 11.4 Å². The summed E-state index contributed by atoms with van der Waals surface area (Å²) in [4.78, 5) is 24.1. The highest BCUT2D eigenvalue weighted by molar-refractivity contribution is 5.94. The Kier molecular flexibility index (Phi) is 5.84. The number of hydrogen-bond acceptors (Lipinski definition) is 5. The molecule has 138 valence electrons. The van der Waals surface area contributed by atoms with Gasteiger partial charge in [0.05, 0.1) is 20.2 Å². The van der Waals surface area contributed by atoms with Crippen molar-refractivity contribution in [3.8, 4) is 5.75 Å². The molecule has 3 rings (SSSR count). The summed E-state index contributed by atoms with van der Waals surface area (Å²) in [5.74, 6) is 0.769. The van der Waals surface area contributed by atoms with E-state index in [9.17, 15) is 9.59 Å². The van der Waals surface area contributed by atoms with Crippen LogP contribution in [0.15, 0.2) is 65.2 Å². The van der Waals surface area contributed by atoms with Crippen molar-refractivity contribution >= 4 is 11.8 Å². The van der Waals surface area contributed by atoms with Gasteiger partial charge in [0.15, 0.2) is 5.76 Å². The number of amides is 2. The number of methoxy groups -OCH3 is 1. The first kappa shape index (κ1) is 18.2. The molecule has 1 aromatic heterocycles. The summed E-state index contributed by atoms with van der Waals surface area (Å²) in [5.41, 5.74) is 1.67. The molecule has 0 aliphatic rings. The lowest BCUT2D eigenvalue weighted by Crippen LogP contribution is -2.23. The second-order valence-electron chi connectivity index (χ2n) is 5.74. The van der Waals surface area contributed by atoms with E-state index in [0.29, 0.717) is 28.3 Å². The van der Waals surface area contributed by atoms with Crippen molar-refractivity contribution in [2.75, 3.05) is 7.11 Å². The first-order valence-corrected chi connectivity index (χ1v) is 8.35. The Morgan fingerprint density at radius 1 is 0.926 bits per heavy atom. The van der Waals surface area contributed by atoms with Crippen LogP contribution in [-0.4, -0.2) is 24.1 Å². The minimum atomic E-state index is -0.229. The minimum absolute atomic E-state index is 0.187. The molecule has 0 radical (unpaired) electrons. The highest BCUT2D eigenvalue weighted by Crippen LogP contribution is 2.11. The van der Waals surface area contributed by atoms with E-state index in [1.54, 1.807) is 61.7 Å². The normalized spacial score (nSPS) is 10.3. The molecule has 0 atom stereocenters. The lowest BCUT2D eigenvalue weighted by atomic mass is 10.2. The molecule has 0 unspecified atom stereocenters. The molecule has 7 nitrogen and oxygen atoms in total. The van der Waals surface area contributed by atoms with Crippen molar-refractivity contribution < 1.29 is 18.8 Å². The molecule has 0 saturated heterocycles. The van der Waals surface area contributed by atoms with E-state index in [-0.39, 0.29) is 24.9 Å². The summed E-state index contributed by atoms with van der Waals surface area (Å²) < 4.78 is 10.3. The van der Waals surface area contributed by atoms with Gasteiger partial charge >= 0.3 is 0 Å². The largest absolute Gasteiger partial charge is 0.497 e. The van der Waals surface area contributed by atoms with Crippen LogP contribution >= 0.6 is 0 Å². The van der Waals surface area contributed by atoms with Crippen molar-refractivity contribution in [3.05, 3.63) is 83.2 Å². The molecule has 2 aromatic carbocycles. The fourth-order valence-electron chi connectivity index (χ4n) is 2.40. The lowest BCUT2D eigenvalue weighted by molar-refractivity contribution is 0.0939. The summed E-state index contributed by atoms with van der Waals surface area (Å²) in [6, 6.07) is 17.4. The Morgan fingerprint density at radius 2 is 1.56 bits per heavy atom. The predicted molar refractivity (Wildman–Crippen MR) is 98.3 cm³/mol. The maximum absolute atomic E-state index is 12.1. The smallest absolute Gasteiger partial charge is 0.251 e. The van der Waals surface area contributed by atoms with Gasteiger partial charge in [0.2, 0.25) is 0 Å². The van der Waals surface area contributed by atoms with Gasteiger partial charge in [0, 0.05) is 17.2 Å². The van der Waals surface area contributed by atoms with Crippen LogP contribution in [0.3, 0.4) is 0 Å². The van der Waals surface area contributed by atoms with Crippen molar-refractivity contribution in [2.45, 2.75) is 13.1 Å². The van der Waals surface area contributed by atoms with Crippen LogP contribution in [0.2, 0.25) is 0 Å². The van der Waals surface area contributed by atoms with Crippen molar-refractivity contribution in [3.63, 3.8) is 0 Å². The predicted octanol–water partition coefficient (Wildman–Crippen LogP) is 2.54. The van der Waals surface area contributed by atoms with E-state index >= 15 is 0 Å². The molecule has 0 bridgehead atoms. The second-order valence-corrected chi connectivity index (χ2v) is 5.74. The molecule has 0 aliphatic heterocycles. The third kappa shape index (κ3) is 4.94. The maximum Gasteiger partial charge on any atom is 0.251 e. The van der Waals surface area contributed by atoms with Gasteiger partial charge in [-0.25, -0.2) is 0 Å². The maximum atomic E-state index is 12.1. The van der Waals surface area contributed by atoms with Crippen LogP contribution in [-0.2, 0) is 13.1 Å². The zero-order chi connectivity index (χ0) is 19.1. The first-order chi connectivity index (χ1) is 13.2. The summed E-state index contributed by atoms with van der Waals surface area (Å²) in [6.45, 7) is 0.439. The third-order valence-corrected chi connectivity index (χ3v) is 3.85. The van der Waals surface area contributed by atoms with Gasteiger partial charge in [-0.15, -0.1) is 0 Å². The van der Waals surface area contributed by atoms with E-state index in [4.69, 9.17) is 9.26 Å². The Hall–Kier alpha value is -3.61. The van der Waals surface area contributed by atoms with E-state index in [1.807, 2.05) is 6.07 Å². The molecule has 0 fully saturated rings. The Balaban J connectivity index is 1.49. The number of ether oxygens (including phenoxy) is 1. The number of carbonyl (C=O) groups is 2. The average Bonchev–Trinajstić information content (AvgIpc) is 3.19. The highest BCUT2D eigenvalue weighted by atomic mass is 16.5. The number of rotatable bonds is 7. The minimum Gasteiger partial charge on any atom is -0.497 e. The van der Waals surface area contributed by atoms with Crippen LogP contribution in [0.4, 0.5) is 0 Å². The quantitative estimate of drug-likeness (QED) is 0.671. The van der Waals surface area contributed by atoms with Crippen molar-refractivity contribution in [1.29, 1.82) is 0 Å². The Labute approximate surface area is 156 Å². The third-order valence-electron chi connectivity index (χ3n) is 3.85. The molecule has 1 heterocycles. The lowest BCUT2D eigenvalue weighted by Gasteiger charge is -2.04. The first-order valence-electron chi connectivity index (χ1n) is 8.35. The molecule has 2 N–H and O–H groups in total.